The predicted molar refractivity (Wildman–Crippen MR) is 89.6 cm³/mol. The van der Waals surface area contributed by atoms with Gasteiger partial charge in [-0.05, 0) is 38.8 Å². The van der Waals surface area contributed by atoms with E-state index in [1.165, 1.54) is 0 Å². The third kappa shape index (κ3) is 14.9. The third-order valence-electron chi connectivity index (χ3n) is 3.12. The molecule has 0 fully saturated rings. The summed E-state index contributed by atoms with van der Waals surface area (Å²) in [5.41, 5.74) is 10.8. The summed E-state index contributed by atoms with van der Waals surface area (Å²) in [6.45, 7) is 3.01. The van der Waals surface area contributed by atoms with Gasteiger partial charge in [-0.3, -0.25) is 16.1 Å². The Morgan fingerprint density at radius 1 is 0.619 bits per heavy atom. The largest absolute Gasteiger partial charge is 0.356 e. The van der Waals surface area contributed by atoms with Crippen LogP contribution in [-0.2, 0) is 0 Å². The Hall–Kier alpha value is -1.34. The molecule has 9 N–H and O–H groups in total. The molecule has 0 saturated carbocycles. The van der Waals surface area contributed by atoms with Crippen LogP contribution in [0.1, 0.15) is 51.4 Å². The van der Waals surface area contributed by atoms with E-state index in [4.69, 9.17) is 22.3 Å². The predicted octanol–water partition coefficient (Wildman–Crippen LogP) is 0.663. The number of unbranched alkanes of at least 4 members (excludes halogenated alkanes) is 6. The zero-order valence-corrected chi connectivity index (χ0v) is 13.1. The van der Waals surface area contributed by atoms with Crippen LogP contribution >= 0.6 is 0 Å². The topological polar surface area (TPSA) is 136 Å². The number of nitrogens with two attached hydrogens (primary N) is 2. The summed E-state index contributed by atoms with van der Waals surface area (Å²) in [5, 5.41) is 23.9. The lowest BCUT2D eigenvalue weighted by molar-refractivity contribution is 0.630. The van der Waals surface area contributed by atoms with Crippen LogP contribution in [0, 0.1) is 10.8 Å². The second-order valence-electron chi connectivity index (χ2n) is 5.13. The van der Waals surface area contributed by atoms with Gasteiger partial charge in [0.25, 0.3) is 0 Å². The molecule has 0 aliphatic rings. The minimum Gasteiger partial charge on any atom is -0.356 e. The van der Waals surface area contributed by atoms with E-state index in [1.807, 2.05) is 0 Å². The highest BCUT2D eigenvalue weighted by Gasteiger charge is 1.99. The first-order valence-electron chi connectivity index (χ1n) is 8.02. The van der Waals surface area contributed by atoms with E-state index in [1.54, 1.807) is 0 Å². The molecule has 0 aromatic rings. The molecule has 0 bridgehead atoms. The van der Waals surface area contributed by atoms with E-state index >= 15 is 0 Å². The fourth-order valence-corrected chi connectivity index (χ4v) is 1.89. The normalized spacial score (nSPS) is 10.2. The molecule has 0 radical (unpaired) electrons. The Bertz CT molecular complexity index is 242. The van der Waals surface area contributed by atoms with Crippen molar-refractivity contribution in [2.75, 3.05) is 26.2 Å². The van der Waals surface area contributed by atoms with Crippen LogP contribution in [0.4, 0.5) is 0 Å². The highest BCUT2D eigenvalue weighted by molar-refractivity contribution is 5.95. The standard InChI is InChI=1S/C14H33N7/c15-9-5-1-3-7-11-19-13(17)21-14(18)20-12-8-4-2-6-10-16/h1-12,15-16H2,(H5,17,18,19,20,21). The van der Waals surface area contributed by atoms with Crippen LogP contribution in [0.15, 0.2) is 0 Å². The van der Waals surface area contributed by atoms with Gasteiger partial charge in [-0.1, -0.05) is 25.7 Å². The van der Waals surface area contributed by atoms with Gasteiger partial charge in [-0.15, -0.1) is 0 Å². The van der Waals surface area contributed by atoms with Crippen molar-refractivity contribution >= 4 is 11.9 Å². The zero-order valence-electron chi connectivity index (χ0n) is 13.1. The summed E-state index contributed by atoms with van der Waals surface area (Å²) in [5.74, 6) is 0.351. The van der Waals surface area contributed by atoms with Gasteiger partial charge in [-0.2, -0.15) is 0 Å². The fourth-order valence-electron chi connectivity index (χ4n) is 1.89. The van der Waals surface area contributed by atoms with Crippen LogP contribution in [0.3, 0.4) is 0 Å². The first-order valence-corrected chi connectivity index (χ1v) is 8.02. The number of hydrogen-bond acceptors (Lipinski definition) is 4. The molecule has 21 heavy (non-hydrogen) atoms. The van der Waals surface area contributed by atoms with Crippen molar-refractivity contribution in [2.24, 2.45) is 11.5 Å². The van der Waals surface area contributed by atoms with Gasteiger partial charge in [-0.25, -0.2) is 0 Å². The Kier molecular flexibility index (Phi) is 14.1. The van der Waals surface area contributed by atoms with Crippen molar-refractivity contribution in [3.8, 4) is 0 Å². The molecule has 0 saturated heterocycles. The summed E-state index contributed by atoms with van der Waals surface area (Å²) in [4.78, 5) is 0. The molecule has 7 nitrogen and oxygen atoms in total. The van der Waals surface area contributed by atoms with Crippen LogP contribution in [0.5, 0.6) is 0 Å². The van der Waals surface area contributed by atoms with Gasteiger partial charge >= 0.3 is 0 Å². The Labute approximate surface area is 128 Å². The number of nitrogens with one attached hydrogen (secondary N) is 5. The lowest BCUT2D eigenvalue weighted by atomic mass is 10.2. The SMILES string of the molecule is N=C(NCCCCCCN)NC(=N)NCCCCCCN. The summed E-state index contributed by atoms with van der Waals surface area (Å²) < 4.78 is 0. The lowest BCUT2D eigenvalue weighted by Crippen LogP contribution is -2.46. The van der Waals surface area contributed by atoms with Crippen LogP contribution in [0.25, 0.3) is 0 Å². The summed E-state index contributed by atoms with van der Waals surface area (Å²) in [7, 11) is 0. The average molecular weight is 299 g/mol. The van der Waals surface area contributed by atoms with E-state index in [2.05, 4.69) is 16.0 Å². The maximum absolute atomic E-state index is 7.67. The van der Waals surface area contributed by atoms with E-state index in [0.29, 0.717) is 0 Å². The number of rotatable bonds is 12. The second-order valence-corrected chi connectivity index (χ2v) is 5.13. The smallest absolute Gasteiger partial charge is 0.195 e. The molecule has 0 atom stereocenters. The van der Waals surface area contributed by atoms with Crippen molar-refractivity contribution in [3.05, 3.63) is 0 Å². The second kappa shape index (κ2) is 15.1. The molecule has 0 aliphatic carbocycles. The van der Waals surface area contributed by atoms with Gasteiger partial charge < -0.3 is 22.1 Å². The van der Waals surface area contributed by atoms with Crippen LogP contribution < -0.4 is 27.4 Å². The summed E-state index contributed by atoms with van der Waals surface area (Å²) >= 11 is 0. The minimum atomic E-state index is 0.175. The van der Waals surface area contributed by atoms with E-state index in [9.17, 15) is 0 Å². The average Bonchev–Trinajstić information content (AvgIpc) is 2.46. The molecule has 0 aromatic carbocycles. The Morgan fingerprint density at radius 3 is 1.38 bits per heavy atom. The van der Waals surface area contributed by atoms with Gasteiger partial charge in [0.05, 0.1) is 0 Å². The molecule has 0 aromatic heterocycles. The Morgan fingerprint density at radius 2 is 1.00 bits per heavy atom. The van der Waals surface area contributed by atoms with Crippen LogP contribution in [-0.4, -0.2) is 38.1 Å². The molecule has 0 heterocycles. The Balaban J connectivity index is 3.38. The molecular formula is C14H33N7. The fraction of sp³-hybridized carbons (Fsp3) is 0.857. The monoisotopic (exact) mass is 299 g/mol. The van der Waals surface area contributed by atoms with E-state index < -0.39 is 0 Å². The lowest BCUT2D eigenvalue weighted by Gasteiger charge is -2.12. The van der Waals surface area contributed by atoms with E-state index in [-0.39, 0.29) is 11.9 Å². The van der Waals surface area contributed by atoms with Gasteiger partial charge in [0.15, 0.2) is 11.9 Å². The van der Waals surface area contributed by atoms with Gasteiger partial charge in [0.1, 0.15) is 0 Å². The maximum Gasteiger partial charge on any atom is 0.195 e. The van der Waals surface area contributed by atoms with Crippen molar-refractivity contribution < 1.29 is 0 Å². The van der Waals surface area contributed by atoms with Gasteiger partial charge in [0.2, 0.25) is 0 Å². The van der Waals surface area contributed by atoms with Crippen molar-refractivity contribution in [1.29, 1.82) is 10.8 Å². The summed E-state index contributed by atoms with van der Waals surface area (Å²) in [6.07, 6.45) is 8.69. The molecule has 7 heteroatoms. The third-order valence-corrected chi connectivity index (χ3v) is 3.12. The molecule has 124 valence electrons. The summed E-state index contributed by atoms with van der Waals surface area (Å²) in [6, 6.07) is 0. The van der Waals surface area contributed by atoms with Crippen molar-refractivity contribution in [1.82, 2.24) is 16.0 Å². The molecule has 0 unspecified atom stereocenters. The maximum atomic E-state index is 7.67. The highest BCUT2D eigenvalue weighted by atomic mass is 15.2. The first kappa shape index (κ1) is 19.7. The molecule has 0 amide bonds. The molecule has 0 aliphatic heterocycles. The molecule has 0 rings (SSSR count). The minimum absolute atomic E-state index is 0.175. The quantitative estimate of drug-likeness (QED) is 0.161. The number of hydrogen-bond donors (Lipinski definition) is 7. The number of guanidine groups is 2. The van der Waals surface area contributed by atoms with Gasteiger partial charge in [0, 0.05) is 13.1 Å². The molecule has 0 spiro atoms. The van der Waals surface area contributed by atoms with Crippen molar-refractivity contribution in [3.63, 3.8) is 0 Å². The van der Waals surface area contributed by atoms with Crippen molar-refractivity contribution in [2.45, 2.75) is 51.4 Å². The highest BCUT2D eigenvalue weighted by Crippen LogP contribution is 1.97. The first-order chi connectivity index (χ1) is 10.2. The van der Waals surface area contributed by atoms with Crippen LogP contribution in [0.2, 0.25) is 0 Å². The zero-order chi connectivity index (χ0) is 15.8. The van der Waals surface area contributed by atoms with E-state index in [0.717, 1.165) is 77.5 Å². The molecular weight excluding hydrogens is 266 g/mol.